The molecule has 0 radical (unpaired) electrons. The molecular weight excluding hydrogens is 390 g/mol. The van der Waals surface area contributed by atoms with Crippen molar-refractivity contribution in [2.75, 3.05) is 19.0 Å². The maximum Gasteiger partial charge on any atom is 0.335 e. The molecule has 0 atom stereocenters. The van der Waals surface area contributed by atoms with Gasteiger partial charge < -0.3 is 14.4 Å². The second-order valence-corrected chi connectivity index (χ2v) is 7.46. The lowest BCUT2D eigenvalue weighted by atomic mass is 9.97. The number of hydrogen-bond donors (Lipinski definition) is 1. The quantitative estimate of drug-likeness (QED) is 0.443. The van der Waals surface area contributed by atoms with E-state index in [4.69, 9.17) is 9.52 Å². The number of carboxylic acid groups (broad SMARTS) is 1. The summed E-state index contributed by atoms with van der Waals surface area (Å²) in [5, 5.41) is 10.0. The predicted molar refractivity (Wildman–Crippen MR) is 126 cm³/mol. The molecule has 0 saturated carbocycles. The van der Waals surface area contributed by atoms with Crippen LogP contribution in [0.2, 0.25) is 0 Å². The van der Waals surface area contributed by atoms with Crippen LogP contribution in [0.1, 0.15) is 35.3 Å². The summed E-state index contributed by atoms with van der Waals surface area (Å²) in [7, 11) is 3.82. The molecule has 31 heavy (non-hydrogen) atoms. The first-order valence-electron chi connectivity index (χ1n) is 10.3. The van der Waals surface area contributed by atoms with Gasteiger partial charge in [-0.2, -0.15) is 0 Å². The number of aryl methyl sites for hydroxylation is 2. The topological polar surface area (TPSA) is 70.8 Å². The standard InChI is InChI=1S/C17H16O2.C9H11NO2/c1-3-11-9-10-15-16(12(11)4-2)17(18)13-7-5-6-8-14(13)19-15;1-10(2)8-5-3-7(4-6-8)9(11)12/h5-10H,3-4H2,1-2H3;3-6H,1-2H3,(H,11,12). The van der Waals surface area contributed by atoms with Crippen LogP contribution in [0.3, 0.4) is 0 Å². The molecule has 1 N–H and O–H groups in total. The zero-order chi connectivity index (χ0) is 22.5. The van der Waals surface area contributed by atoms with E-state index in [1.807, 2.05) is 49.3 Å². The van der Waals surface area contributed by atoms with Crippen molar-refractivity contribution in [3.05, 3.63) is 87.6 Å². The van der Waals surface area contributed by atoms with Crippen LogP contribution >= 0.6 is 0 Å². The van der Waals surface area contributed by atoms with Crippen molar-refractivity contribution in [2.45, 2.75) is 26.7 Å². The maximum absolute atomic E-state index is 12.7. The predicted octanol–water partition coefficient (Wildman–Crippen LogP) is 5.52. The molecule has 0 unspecified atom stereocenters. The summed E-state index contributed by atoms with van der Waals surface area (Å²) in [4.78, 5) is 25.1. The molecule has 0 bridgehead atoms. The molecule has 0 fully saturated rings. The third-order valence-corrected chi connectivity index (χ3v) is 5.32. The average molecular weight is 418 g/mol. The molecule has 0 amide bonds. The van der Waals surface area contributed by atoms with Gasteiger partial charge in [0.1, 0.15) is 11.2 Å². The minimum absolute atomic E-state index is 0.0870. The highest BCUT2D eigenvalue weighted by Gasteiger charge is 2.13. The van der Waals surface area contributed by atoms with E-state index in [1.54, 1.807) is 24.3 Å². The number of carbonyl (C=O) groups is 1. The molecule has 5 heteroatoms. The Balaban J connectivity index is 0.000000196. The first-order valence-corrected chi connectivity index (χ1v) is 10.3. The number of hydrogen-bond acceptors (Lipinski definition) is 4. The van der Waals surface area contributed by atoms with Gasteiger partial charge in [-0.15, -0.1) is 0 Å². The van der Waals surface area contributed by atoms with Crippen molar-refractivity contribution in [3.63, 3.8) is 0 Å². The van der Waals surface area contributed by atoms with Crippen molar-refractivity contribution in [1.82, 2.24) is 0 Å². The Kier molecular flexibility index (Phi) is 6.75. The molecular formula is C26H27NO4. The maximum atomic E-state index is 12.7. The Morgan fingerprint density at radius 1 is 0.903 bits per heavy atom. The smallest absolute Gasteiger partial charge is 0.335 e. The average Bonchev–Trinajstić information content (AvgIpc) is 2.79. The van der Waals surface area contributed by atoms with Crippen molar-refractivity contribution in [2.24, 2.45) is 0 Å². The Morgan fingerprint density at radius 3 is 2.16 bits per heavy atom. The van der Waals surface area contributed by atoms with Crippen molar-refractivity contribution < 1.29 is 14.3 Å². The normalized spacial score (nSPS) is 10.6. The molecule has 0 aliphatic heterocycles. The zero-order valence-electron chi connectivity index (χ0n) is 18.3. The van der Waals surface area contributed by atoms with Gasteiger partial charge in [0.25, 0.3) is 0 Å². The van der Waals surface area contributed by atoms with Gasteiger partial charge >= 0.3 is 5.97 Å². The van der Waals surface area contributed by atoms with Gasteiger partial charge in [-0.1, -0.05) is 32.0 Å². The lowest BCUT2D eigenvalue weighted by molar-refractivity contribution is 0.0697. The van der Waals surface area contributed by atoms with Gasteiger partial charge in [0.2, 0.25) is 5.43 Å². The molecule has 4 rings (SSSR count). The van der Waals surface area contributed by atoms with Crippen LogP contribution in [0.15, 0.2) is 69.9 Å². The van der Waals surface area contributed by atoms with Crippen LogP contribution in [0, 0.1) is 0 Å². The Labute approximate surface area is 181 Å². The van der Waals surface area contributed by atoms with Crippen molar-refractivity contribution >= 4 is 33.6 Å². The van der Waals surface area contributed by atoms with Crippen molar-refractivity contribution in [1.29, 1.82) is 0 Å². The highest BCUT2D eigenvalue weighted by molar-refractivity contribution is 5.92. The number of aromatic carboxylic acids is 1. The first kappa shape index (κ1) is 22.1. The monoisotopic (exact) mass is 417 g/mol. The zero-order valence-corrected chi connectivity index (χ0v) is 18.3. The van der Waals surface area contributed by atoms with E-state index in [0.717, 1.165) is 29.5 Å². The Morgan fingerprint density at radius 2 is 1.58 bits per heavy atom. The molecule has 1 heterocycles. The fourth-order valence-electron chi connectivity index (χ4n) is 3.64. The summed E-state index contributed by atoms with van der Waals surface area (Å²) in [6.07, 6.45) is 1.79. The van der Waals surface area contributed by atoms with Crippen LogP contribution in [0.25, 0.3) is 21.9 Å². The van der Waals surface area contributed by atoms with Gasteiger partial charge in [0, 0.05) is 19.8 Å². The number of anilines is 1. The van der Waals surface area contributed by atoms with E-state index in [1.165, 1.54) is 5.56 Å². The minimum Gasteiger partial charge on any atom is -0.478 e. The summed E-state index contributed by atoms with van der Waals surface area (Å²) >= 11 is 0. The third-order valence-electron chi connectivity index (χ3n) is 5.32. The van der Waals surface area contributed by atoms with E-state index < -0.39 is 5.97 Å². The van der Waals surface area contributed by atoms with E-state index in [2.05, 4.69) is 19.9 Å². The number of carboxylic acids is 1. The minimum atomic E-state index is -0.889. The highest BCUT2D eigenvalue weighted by Crippen LogP contribution is 2.24. The first-order chi connectivity index (χ1) is 14.9. The van der Waals surface area contributed by atoms with E-state index in [-0.39, 0.29) is 5.43 Å². The van der Waals surface area contributed by atoms with Crippen LogP contribution in [-0.4, -0.2) is 25.2 Å². The molecule has 0 aliphatic rings. The van der Waals surface area contributed by atoms with Gasteiger partial charge in [-0.05, 0) is 66.4 Å². The van der Waals surface area contributed by atoms with E-state index in [9.17, 15) is 9.59 Å². The van der Waals surface area contributed by atoms with E-state index in [0.29, 0.717) is 22.1 Å². The molecule has 4 aromatic rings. The van der Waals surface area contributed by atoms with Crippen LogP contribution < -0.4 is 10.3 Å². The number of nitrogens with zero attached hydrogens (tertiary/aromatic N) is 1. The molecule has 3 aromatic carbocycles. The number of para-hydroxylation sites is 1. The summed E-state index contributed by atoms with van der Waals surface area (Å²) in [5.74, 6) is -0.889. The second-order valence-electron chi connectivity index (χ2n) is 7.46. The third kappa shape index (κ3) is 4.61. The summed E-state index contributed by atoms with van der Waals surface area (Å²) in [5.41, 5.74) is 5.12. The SMILES string of the molecule is CCc1ccc2oc3ccccc3c(=O)c2c1CC.CN(C)c1ccc(C(=O)O)cc1. The summed E-state index contributed by atoms with van der Waals surface area (Å²) in [6.45, 7) is 4.20. The van der Waals surface area contributed by atoms with E-state index >= 15 is 0 Å². The number of fused-ring (bicyclic) bond motifs is 2. The molecule has 0 aliphatic carbocycles. The summed E-state index contributed by atoms with van der Waals surface area (Å²) < 4.78 is 5.87. The highest BCUT2D eigenvalue weighted by atomic mass is 16.4. The molecule has 5 nitrogen and oxygen atoms in total. The lowest BCUT2D eigenvalue weighted by Gasteiger charge is -2.11. The van der Waals surface area contributed by atoms with Crippen LogP contribution in [-0.2, 0) is 12.8 Å². The van der Waals surface area contributed by atoms with Crippen LogP contribution in [0.4, 0.5) is 5.69 Å². The fraction of sp³-hybridized carbons (Fsp3) is 0.231. The fourth-order valence-corrected chi connectivity index (χ4v) is 3.64. The Bertz CT molecular complexity index is 1270. The van der Waals surface area contributed by atoms with Crippen molar-refractivity contribution in [3.8, 4) is 0 Å². The molecule has 0 spiro atoms. The molecule has 1 aromatic heterocycles. The number of benzene rings is 3. The van der Waals surface area contributed by atoms with Gasteiger partial charge in [-0.25, -0.2) is 4.79 Å². The van der Waals surface area contributed by atoms with Gasteiger partial charge in [0.05, 0.1) is 16.3 Å². The second kappa shape index (κ2) is 9.47. The van der Waals surface area contributed by atoms with Gasteiger partial charge in [0.15, 0.2) is 0 Å². The largest absolute Gasteiger partial charge is 0.478 e. The van der Waals surface area contributed by atoms with Gasteiger partial charge in [-0.3, -0.25) is 4.79 Å². The summed E-state index contributed by atoms with van der Waals surface area (Å²) in [6, 6.07) is 18.2. The van der Waals surface area contributed by atoms with Crippen LogP contribution in [0.5, 0.6) is 0 Å². The Hall–Kier alpha value is -3.60. The lowest BCUT2D eigenvalue weighted by Crippen LogP contribution is -2.08. The molecule has 160 valence electrons. The number of rotatable bonds is 4. The molecule has 0 saturated heterocycles.